The van der Waals surface area contributed by atoms with E-state index in [1.807, 2.05) is 0 Å². The second kappa shape index (κ2) is 6.51. The van der Waals surface area contributed by atoms with Crippen molar-refractivity contribution >= 4 is 27.3 Å². The summed E-state index contributed by atoms with van der Waals surface area (Å²) in [7, 11) is 1.70. The molecule has 0 saturated heterocycles. The Morgan fingerprint density at radius 1 is 1.60 bits per heavy atom. The van der Waals surface area contributed by atoms with E-state index < -0.39 is 0 Å². The predicted molar refractivity (Wildman–Crippen MR) is 69.8 cm³/mol. The molecule has 86 valence electrons. The topological polar surface area (TPSA) is 21.3 Å². The van der Waals surface area contributed by atoms with Gasteiger partial charge < -0.3 is 10.1 Å². The van der Waals surface area contributed by atoms with E-state index in [9.17, 15) is 0 Å². The molecule has 1 atom stereocenters. The fourth-order valence-corrected chi connectivity index (χ4v) is 3.08. The first-order valence-corrected chi connectivity index (χ1v) is 6.83. The number of halogens is 1. The van der Waals surface area contributed by atoms with E-state index in [4.69, 9.17) is 4.74 Å². The summed E-state index contributed by atoms with van der Waals surface area (Å²) in [6, 6.07) is 2.71. The molecule has 0 aliphatic carbocycles. The minimum Gasteiger partial charge on any atom is -0.486 e. The molecule has 0 bridgehead atoms. The monoisotopic (exact) mass is 291 g/mol. The van der Waals surface area contributed by atoms with Gasteiger partial charge in [-0.2, -0.15) is 0 Å². The van der Waals surface area contributed by atoms with Crippen LogP contribution in [0.5, 0.6) is 5.06 Å². The van der Waals surface area contributed by atoms with E-state index in [1.165, 1.54) is 17.7 Å². The third kappa shape index (κ3) is 4.13. The van der Waals surface area contributed by atoms with Crippen LogP contribution in [0, 0.1) is 0 Å². The maximum Gasteiger partial charge on any atom is 0.188 e. The van der Waals surface area contributed by atoms with Gasteiger partial charge in [0.25, 0.3) is 0 Å². The molecule has 15 heavy (non-hydrogen) atoms. The molecular formula is C11H18BrNOS. The highest BCUT2D eigenvalue weighted by Crippen LogP contribution is 2.34. The zero-order chi connectivity index (χ0) is 11.3. The smallest absolute Gasteiger partial charge is 0.188 e. The van der Waals surface area contributed by atoms with Gasteiger partial charge in [-0.3, -0.25) is 0 Å². The Hall–Kier alpha value is -0.0600. The highest BCUT2D eigenvalue weighted by atomic mass is 79.9. The van der Waals surface area contributed by atoms with E-state index in [0.29, 0.717) is 6.04 Å². The van der Waals surface area contributed by atoms with Gasteiger partial charge in [0.15, 0.2) is 5.06 Å². The lowest BCUT2D eigenvalue weighted by molar-refractivity contribution is 0.425. The summed E-state index contributed by atoms with van der Waals surface area (Å²) in [5.74, 6) is 0. The number of hydrogen-bond acceptors (Lipinski definition) is 3. The zero-order valence-electron chi connectivity index (χ0n) is 9.47. The second-order valence-corrected chi connectivity index (χ2v) is 5.58. The largest absolute Gasteiger partial charge is 0.486 e. The lowest BCUT2D eigenvalue weighted by atomic mass is 10.2. The fraction of sp³-hybridized carbons (Fsp3) is 0.636. The average Bonchev–Trinajstić information content (AvgIpc) is 2.56. The van der Waals surface area contributed by atoms with Gasteiger partial charge in [0.2, 0.25) is 0 Å². The van der Waals surface area contributed by atoms with Crippen LogP contribution < -0.4 is 10.1 Å². The number of methoxy groups -OCH3 is 1. The van der Waals surface area contributed by atoms with Gasteiger partial charge >= 0.3 is 0 Å². The van der Waals surface area contributed by atoms with Crippen LogP contribution >= 0.6 is 27.3 Å². The van der Waals surface area contributed by atoms with Gasteiger partial charge in [0, 0.05) is 17.5 Å². The minimum absolute atomic E-state index is 0.585. The van der Waals surface area contributed by atoms with Gasteiger partial charge in [-0.25, -0.2) is 0 Å². The molecule has 0 radical (unpaired) electrons. The van der Waals surface area contributed by atoms with Crippen molar-refractivity contribution in [1.82, 2.24) is 5.32 Å². The van der Waals surface area contributed by atoms with Crippen LogP contribution in [0.15, 0.2) is 10.5 Å². The third-order valence-corrected chi connectivity index (χ3v) is 4.19. The van der Waals surface area contributed by atoms with E-state index in [-0.39, 0.29) is 0 Å². The van der Waals surface area contributed by atoms with E-state index in [0.717, 1.165) is 16.1 Å². The molecule has 0 saturated carbocycles. The lowest BCUT2D eigenvalue weighted by Crippen LogP contribution is -2.24. The van der Waals surface area contributed by atoms with E-state index in [1.54, 1.807) is 18.4 Å². The van der Waals surface area contributed by atoms with Crippen molar-refractivity contribution < 1.29 is 4.74 Å². The molecule has 0 spiro atoms. The number of nitrogens with one attached hydrogen (secondary N) is 1. The Balaban J connectivity index is 2.43. The van der Waals surface area contributed by atoms with Crippen LogP contribution in [-0.2, 0) is 6.54 Å². The van der Waals surface area contributed by atoms with Crippen LogP contribution in [0.3, 0.4) is 0 Å². The molecule has 1 heterocycles. The van der Waals surface area contributed by atoms with Crippen LogP contribution in [0.25, 0.3) is 0 Å². The Morgan fingerprint density at radius 3 is 2.87 bits per heavy atom. The van der Waals surface area contributed by atoms with Gasteiger partial charge in [-0.05, 0) is 35.3 Å². The Labute approximate surface area is 104 Å². The van der Waals surface area contributed by atoms with Crippen molar-refractivity contribution in [2.45, 2.75) is 39.3 Å². The minimum atomic E-state index is 0.585. The maximum atomic E-state index is 5.22. The van der Waals surface area contributed by atoms with Crippen LogP contribution in [0.1, 0.15) is 31.6 Å². The highest BCUT2D eigenvalue weighted by Gasteiger charge is 2.07. The SMILES string of the molecule is CCCC(C)NCc1cc(Br)c(OC)s1. The molecule has 1 aromatic rings. The first-order chi connectivity index (χ1) is 7.17. The van der Waals surface area contributed by atoms with Gasteiger partial charge in [0.1, 0.15) is 0 Å². The lowest BCUT2D eigenvalue weighted by Gasteiger charge is -2.10. The number of hydrogen-bond donors (Lipinski definition) is 1. The Morgan fingerprint density at radius 2 is 2.33 bits per heavy atom. The second-order valence-electron chi connectivity index (χ2n) is 3.62. The molecule has 1 N–H and O–H groups in total. The van der Waals surface area contributed by atoms with Gasteiger partial charge in [-0.15, -0.1) is 11.3 Å². The maximum absolute atomic E-state index is 5.22. The number of rotatable bonds is 6. The van der Waals surface area contributed by atoms with E-state index >= 15 is 0 Å². The normalized spacial score (nSPS) is 12.8. The van der Waals surface area contributed by atoms with Crippen molar-refractivity contribution in [3.8, 4) is 5.06 Å². The summed E-state index contributed by atoms with van der Waals surface area (Å²) in [5.41, 5.74) is 0. The summed E-state index contributed by atoms with van der Waals surface area (Å²) in [4.78, 5) is 1.31. The quantitative estimate of drug-likeness (QED) is 0.861. The molecular weight excluding hydrogens is 274 g/mol. The molecule has 1 aromatic heterocycles. The van der Waals surface area contributed by atoms with E-state index in [2.05, 4.69) is 41.2 Å². The highest BCUT2D eigenvalue weighted by molar-refractivity contribution is 9.10. The van der Waals surface area contributed by atoms with Crippen molar-refractivity contribution in [3.05, 3.63) is 15.4 Å². The number of ether oxygens (including phenoxy) is 1. The fourth-order valence-electron chi connectivity index (χ4n) is 1.43. The third-order valence-electron chi connectivity index (χ3n) is 2.24. The molecule has 0 fully saturated rings. The van der Waals surface area contributed by atoms with Crippen molar-refractivity contribution in [1.29, 1.82) is 0 Å². The Kier molecular flexibility index (Phi) is 5.64. The molecule has 1 rings (SSSR count). The molecule has 0 aliphatic rings. The zero-order valence-corrected chi connectivity index (χ0v) is 11.9. The predicted octanol–water partition coefficient (Wildman–Crippen LogP) is 3.80. The van der Waals surface area contributed by atoms with Gasteiger partial charge in [-0.1, -0.05) is 13.3 Å². The average molecular weight is 292 g/mol. The number of thiophene rings is 1. The van der Waals surface area contributed by atoms with Gasteiger partial charge in [0.05, 0.1) is 11.6 Å². The molecule has 0 aliphatic heterocycles. The van der Waals surface area contributed by atoms with Crippen molar-refractivity contribution in [3.63, 3.8) is 0 Å². The molecule has 0 aromatic carbocycles. The summed E-state index contributed by atoms with van der Waals surface area (Å²) < 4.78 is 6.27. The molecule has 4 heteroatoms. The standard InChI is InChI=1S/C11H18BrNOS/c1-4-5-8(2)13-7-9-6-10(12)11(14-3)15-9/h6,8,13H,4-5,7H2,1-3H3. The summed E-state index contributed by atoms with van der Waals surface area (Å²) in [6.45, 7) is 5.36. The van der Waals surface area contributed by atoms with Crippen molar-refractivity contribution in [2.24, 2.45) is 0 Å². The first kappa shape index (κ1) is 13.0. The Bertz CT molecular complexity index is 301. The summed E-state index contributed by atoms with van der Waals surface area (Å²) in [6.07, 6.45) is 2.45. The summed E-state index contributed by atoms with van der Waals surface area (Å²) in [5, 5.41) is 4.45. The first-order valence-electron chi connectivity index (χ1n) is 5.23. The summed E-state index contributed by atoms with van der Waals surface area (Å²) >= 11 is 5.16. The van der Waals surface area contributed by atoms with Crippen LogP contribution in [0.2, 0.25) is 0 Å². The molecule has 2 nitrogen and oxygen atoms in total. The van der Waals surface area contributed by atoms with Crippen LogP contribution in [0.4, 0.5) is 0 Å². The van der Waals surface area contributed by atoms with Crippen molar-refractivity contribution in [2.75, 3.05) is 7.11 Å². The molecule has 1 unspecified atom stereocenters. The van der Waals surface area contributed by atoms with Crippen LogP contribution in [-0.4, -0.2) is 13.2 Å². The molecule has 0 amide bonds.